The molecule has 0 aliphatic carbocycles. The molecule has 0 spiro atoms. The summed E-state index contributed by atoms with van der Waals surface area (Å²) in [6.45, 7) is 12.7. The molecule has 0 radical (unpaired) electrons. The topological polar surface area (TPSA) is 422 Å². The highest BCUT2D eigenvalue weighted by Gasteiger charge is 2.50. The molecular weight excluding hydrogens is 1020 g/mol. The van der Waals surface area contributed by atoms with E-state index in [1.54, 1.807) is 20.8 Å². The van der Waals surface area contributed by atoms with Crippen LogP contribution in [0.15, 0.2) is 12.7 Å². The number of nitrogens with two attached hydrogens (primary N) is 1. The standard InChI is InChI=1S/C35H62N9O20P3SSi/c1-10-59-34(51)44(69(7,8)9)24(19(2)3)30(48)42-20(4)33(50)68-14-13-37-22(45)11-12-38-31(49)27(47)35(5,6)16-61-67(57,58)64-66(55,56)60-15-21-26(63-65(52,53)54)25(46)32(62-21)43-18-41-23-28(36)39-17-40-29(23)43/h17-21,24-27,32,46-47H,10-16H2,1-9H3,(H,37,45)(H,38,49)(H,42,48)(H,55,56)(H,57,58)(H2,36,39,40)(H2,52,53,54)/t20-,21+,24-,25+,26+,27-,32+/m0/s1. The molecule has 2 aromatic rings. The van der Waals surface area contributed by atoms with Gasteiger partial charge < -0.3 is 65.5 Å². The van der Waals surface area contributed by atoms with Crippen LogP contribution in [0.5, 0.6) is 0 Å². The van der Waals surface area contributed by atoms with Crippen molar-refractivity contribution >= 4 is 89.4 Å². The zero-order valence-electron chi connectivity index (χ0n) is 39.2. The number of phosphoric ester groups is 3. The van der Waals surface area contributed by atoms with Crippen molar-refractivity contribution in [3.05, 3.63) is 12.7 Å². The molecule has 3 heterocycles. The summed E-state index contributed by atoms with van der Waals surface area (Å²) >= 11 is 0.858. The number of nitrogens with zero attached hydrogens (tertiary/aromatic N) is 5. The number of fused-ring (bicyclic) bond motifs is 1. The first kappa shape index (κ1) is 59.8. The van der Waals surface area contributed by atoms with Gasteiger partial charge in [-0.25, -0.2) is 33.4 Å². The second-order valence-electron chi connectivity index (χ2n) is 17.4. The molecule has 34 heteroatoms. The number of imidazole rings is 1. The number of hydrogen-bond donors (Lipinski definition) is 10. The van der Waals surface area contributed by atoms with Gasteiger partial charge >= 0.3 is 29.6 Å². The molecule has 2 unspecified atom stereocenters. The van der Waals surface area contributed by atoms with E-state index in [4.69, 9.17) is 24.3 Å². The molecule has 2 aromatic heterocycles. The summed E-state index contributed by atoms with van der Waals surface area (Å²) < 4.78 is 69.1. The fourth-order valence-electron chi connectivity index (χ4n) is 6.48. The summed E-state index contributed by atoms with van der Waals surface area (Å²) in [5.74, 6) is -2.29. The van der Waals surface area contributed by atoms with Crippen molar-refractivity contribution in [2.45, 2.75) is 110 Å². The number of anilines is 1. The highest BCUT2D eigenvalue weighted by molar-refractivity contribution is 8.13. The Morgan fingerprint density at radius 1 is 0.986 bits per heavy atom. The zero-order chi connectivity index (χ0) is 52.4. The first-order valence-corrected chi connectivity index (χ1v) is 30.0. The first-order chi connectivity index (χ1) is 31.7. The Morgan fingerprint density at radius 2 is 1.62 bits per heavy atom. The lowest BCUT2D eigenvalue weighted by Crippen LogP contribution is -2.62. The summed E-state index contributed by atoms with van der Waals surface area (Å²) in [5.41, 5.74) is 4.19. The van der Waals surface area contributed by atoms with Gasteiger partial charge in [-0.05, 0) is 19.8 Å². The van der Waals surface area contributed by atoms with Crippen molar-refractivity contribution in [3.8, 4) is 0 Å². The van der Waals surface area contributed by atoms with Crippen molar-refractivity contribution in [2.75, 3.05) is 44.4 Å². The molecule has 11 N–H and O–H groups in total. The van der Waals surface area contributed by atoms with Crippen molar-refractivity contribution < 1.29 is 94.8 Å². The summed E-state index contributed by atoms with van der Waals surface area (Å²) in [6.07, 6.45) is -7.79. The number of rotatable bonds is 26. The van der Waals surface area contributed by atoms with E-state index in [2.05, 4.69) is 39.7 Å². The van der Waals surface area contributed by atoms with Gasteiger partial charge in [-0.1, -0.05) is 59.1 Å². The van der Waals surface area contributed by atoms with Gasteiger partial charge in [0.25, 0.3) is 0 Å². The Hall–Kier alpha value is -3.48. The lowest BCUT2D eigenvalue weighted by atomic mass is 9.87. The average molecular weight is 1080 g/mol. The Balaban J connectivity index is 1.44. The number of carbonyl (C=O) groups is 5. The monoisotopic (exact) mass is 1080 g/mol. The first-order valence-electron chi connectivity index (χ1n) is 21.0. The van der Waals surface area contributed by atoms with E-state index in [1.807, 2.05) is 19.6 Å². The van der Waals surface area contributed by atoms with Crippen LogP contribution in [0.1, 0.15) is 54.2 Å². The number of amides is 4. The summed E-state index contributed by atoms with van der Waals surface area (Å²) in [5, 5.41) is 28.8. The van der Waals surface area contributed by atoms with E-state index in [1.165, 1.54) is 25.3 Å². The van der Waals surface area contributed by atoms with Crippen LogP contribution < -0.4 is 21.7 Å². The molecule has 29 nitrogen and oxygen atoms in total. The Labute approximate surface area is 401 Å². The largest absolute Gasteiger partial charge is 0.481 e. The lowest BCUT2D eigenvalue weighted by molar-refractivity contribution is -0.137. The van der Waals surface area contributed by atoms with Crippen molar-refractivity contribution in [1.82, 2.24) is 40.0 Å². The number of aliphatic hydroxyl groups is 2. The highest BCUT2D eigenvalue weighted by Crippen LogP contribution is 2.61. The van der Waals surface area contributed by atoms with Crippen molar-refractivity contribution in [1.29, 1.82) is 0 Å². The van der Waals surface area contributed by atoms with Gasteiger partial charge in [0.15, 0.2) is 25.9 Å². The van der Waals surface area contributed by atoms with Gasteiger partial charge in [0.05, 0.1) is 32.2 Å². The summed E-state index contributed by atoms with van der Waals surface area (Å²) in [6, 6.07) is -1.80. The van der Waals surface area contributed by atoms with Gasteiger partial charge in [0, 0.05) is 30.7 Å². The van der Waals surface area contributed by atoms with E-state index < -0.39 is 122 Å². The summed E-state index contributed by atoms with van der Waals surface area (Å²) in [4.78, 5) is 115. The molecule has 0 saturated carbocycles. The molecule has 1 saturated heterocycles. The maximum Gasteiger partial charge on any atom is 0.481 e. The number of ether oxygens (including phenoxy) is 2. The third-order valence-electron chi connectivity index (χ3n) is 9.82. The van der Waals surface area contributed by atoms with Crippen molar-refractivity contribution in [2.24, 2.45) is 11.3 Å². The molecule has 3 rings (SSSR count). The number of nitrogen functional groups attached to an aromatic ring is 1. The van der Waals surface area contributed by atoms with Gasteiger partial charge in [0.2, 0.25) is 22.8 Å². The third-order valence-corrected chi connectivity index (χ3v) is 15.9. The van der Waals surface area contributed by atoms with E-state index in [0.717, 1.165) is 29.0 Å². The number of carbonyl (C=O) groups excluding carboxylic acids is 5. The number of thioether (sulfide) groups is 1. The van der Waals surface area contributed by atoms with E-state index >= 15 is 0 Å². The van der Waals surface area contributed by atoms with Gasteiger partial charge in [-0.15, -0.1) is 0 Å². The molecule has 0 bridgehead atoms. The van der Waals surface area contributed by atoms with Crippen molar-refractivity contribution in [3.63, 3.8) is 0 Å². The second-order valence-corrected chi connectivity index (χ2v) is 27.6. The predicted octanol–water partition coefficient (Wildman–Crippen LogP) is 0.487. The zero-order valence-corrected chi connectivity index (χ0v) is 43.7. The molecule has 9 atom stereocenters. The van der Waals surface area contributed by atoms with Crippen LogP contribution in [0.3, 0.4) is 0 Å². The Kier molecular flexibility index (Phi) is 21.5. The van der Waals surface area contributed by atoms with E-state index in [0.29, 0.717) is 0 Å². The minimum Gasteiger partial charge on any atom is -0.450 e. The molecule has 69 heavy (non-hydrogen) atoms. The van der Waals surface area contributed by atoms with Gasteiger partial charge in [-0.3, -0.25) is 37.3 Å². The Morgan fingerprint density at radius 3 is 2.22 bits per heavy atom. The van der Waals surface area contributed by atoms with Crippen LogP contribution in [0.2, 0.25) is 19.6 Å². The third kappa shape index (κ3) is 17.7. The molecule has 1 aliphatic rings. The SMILES string of the molecule is CCOC(=O)N([C@H](C(=O)N[C@@H](C)C(=O)SCCNC(=O)CCNC(=O)[C@H](O)C(C)(C)COP(=O)(O)OP(=O)(O)OC[C@H]1O[C@@H](n2cnc3c(N)ncnc32)[C@H](O)[C@@H]1OP(=O)(O)O)C(C)C)[Si](C)(C)C. The molecule has 1 fully saturated rings. The average Bonchev–Trinajstić information content (AvgIpc) is 3.78. The van der Waals surface area contributed by atoms with Gasteiger partial charge in [0.1, 0.15) is 42.3 Å². The van der Waals surface area contributed by atoms with E-state index in [-0.39, 0.29) is 54.8 Å². The molecule has 392 valence electrons. The lowest BCUT2D eigenvalue weighted by Gasteiger charge is -2.41. The number of phosphoric acid groups is 3. The minimum absolute atomic E-state index is 0.0156. The quantitative estimate of drug-likeness (QED) is 0.0348. The molecule has 4 amide bonds. The fraction of sp³-hybridized carbons (Fsp3) is 0.714. The maximum absolute atomic E-state index is 13.3. The molecule has 1 aliphatic heterocycles. The molecule has 0 aromatic carbocycles. The van der Waals surface area contributed by atoms with Crippen LogP contribution >= 0.6 is 35.2 Å². The van der Waals surface area contributed by atoms with Crippen LogP contribution in [-0.2, 0) is 60.2 Å². The number of hydrogen-bond acceptors (Lipinski definition) is 21. The number of aromatic nitrogens is 4. The highest BCUT2D eigenvalue weighted by atomic mass is 32.2. The van der Waals surface area contributed by atoms with Crippen LogP contribution in [0.25, 0.3) is 11.2 Å². The normalized spacial score (nSPS) is 20.9. The van der Waals surface area contributed by atoms with E-state index in [9.17, 15) is 67.5 Å². The Bertz CT molecular complexity index is 2290. The van der Waals surface area contributed by atoms with Crippen LogP contribution in [-0.4, -0.2) is 166 Å². The number of aliphatic hydroxyl groups excluding tert-OH is 2. The minimum atomic E-state index is -5.61. The smallest absolute Gasteiger partial charge is 0.450 e. The summed E-state index contributed by atoms with van der Waals surface area (Å²) in [7, 11) is -18.9. The fourth-order valence-corrected chi connectivity index (χ4v) is 11.9. The molecular formula is C35H62N9O20P3SSi. The second kappa shape index (κ2) is 24.8. The van der Waals surface area contributed by atoms with Gasteiger partial charge in [-0.2, -0.15) is 4.31 Å². The van der Waals surface area contributed by atoms with Crippen LogP contribution in [0.4, 0.5) is 10.6 Å². The number of nitrogens with one attached hydrogen (secondary N) is 3. The van der Waals surface area contributed by atoms with Crippen LogP contribution in [0, 0.1) is 11.3 Å². The maximum atomic E-state index is 13.3. The predicted molar refractivity (Wildman–Crippen MR) is 246 cm³/mol.